The van der Waals surface area contributed by atoms with Gasteiger partial charge in [-0.2, -0.15) is 5.26 Å². The van der Waals surface area contributed by atoms with Crippen LogP contribution in [0.2, 0.25) is 0 Å². The fraction of sp³-hybridized carbons (Fsp3) is 0.0476. The zero-order chi connectivity index (χ0) is 20.1. The monoisotopic (exact) mass is 374 g/mol. The van der Waals surface area contributed by atoms with Crippen molar-refractivity contribution in [2.45, 2.75) is 0 Å². The molecule has 0 aliphatic rings. The predicted molar refractivity (Wildman–Crippen MR) is 101 cm³/mol. The van der Waals surface area contributed by atoms with Crippen LogP contribution in [-0.4, -0.2) is 18.0 Å². The topological polar surface area (TPSA) is 102 Å². The fourth-order valence-corrected chi connectivity index (χ4v) is 2.73. The van der Waals surface area contributed by atoms with Gasteiger partial charge in [-0.25, -0.2) is 4.79 Å². The molecule has 0 radical (unpaired) electrons. The molecule has 0 aromatic heterocycles. The Morgan fingerprint density at radius 1 is 1.00 bits per heavy atom. The van der Waals surface area contributed by atoms with E-state index in [-0.39, 0.29) is 22.7 Å². The molecule has 0 aliphatic carbocycles. The highest BCUT2D eigenvalue weighted by Gasteiger charge is 2.20. The molecule has 0 aliphatic heterocycles. The zero-order valence-corrected chi connectivity index (χ0v) is 14.8. The molecular weight excluding hydrogens is 360 g/mol. The molecule has 28 heavy (non-hydrogen) atoms. The number of hydrogen-bond acceptors (Lipinski definition) is 6. The molecule has 3 aromatic rings. The van der Waals surface area contributed by atoms with E-state index in [9.17, 15) is 20.2 Å². The highest BCUT2D eigenvalue weighted by molar-refractivity contribution is 5.99. The Kier molecular flexibility index (Phi) is 5.33. The number of ether oxygens (including phenoxy) is 2. The second-order valence-electron chi connectivity index (χ2n) is 5.68. The van der Waals surface area contributed by atoms with E-state index in [0.717, 1.165) is 6.07 Å². The number of nitro groups is 1. The van der Waals surface area contributed by atoms with Crippen molar-refractivity contribution in [3.63, 3.8) is 0 Å². The molecule has 0 heterocycles. The fourth-order valence-electron chi connectivity index (χ4n) is 2.73. The van der Waals surface area contributed by atoms with E-state index in [1.807, 2.05) is 0 Å². The third kappa shape index (κ3) is 3.66. The summed E-state index contributed by atoms with van der Waals surface area (Å²) in [5.74, 6) is -0.596. The van der Waals surface area contributed by atoms with Crippen molar-refractivity contribution in [2.75, 3.05) is 7.11 Å². The SMILES string of the molecule is COc1ccc([N+](=O)[O-])cc1OC(=O)c1ccccc1-c1ccccc1C#N. The lowest BCUT2D eigenvalue weighted by Gasteiger charge is -2.12. The second-order valence-corrected chi connectivity index (χ2v) is 5.68. The molecule has 0 N–H and O–H groups in total. The number of methoxy groups -OCH3 is 1. The summed E-state index contributed by atoms with van der Waals surface area (Å²) in [6, 6.07) is 19.4. The molecule has 7 heteroatoms. The van der Waals surface area contributed by atoms with Gasteiger partial charge in [0.25, 0.3) is 5.69 Å². The number of carbonyl (C=O) groups is 1. The first-order valence-corrected chi connectivity index (χ1v) is 8.18. The Bertz CT molecular complexity index is 1100. The standard InChI is InChI=1S/C21H14N2O5/c1-27-19-11-10-15(23(25)26)12-20(19)28-21(24)18-9-5-4-8-17(18)16-7-3-2-6-14(16)13-22/h2-12H,1H3. The lowest BCUT2D eigenvalue weighted by molar-refractivity contribution is -0.384. The molecule has 138 valence electrons. The molecular formula is C21H14N2O5. The minimum Gasteiger partial charge on any atom is -0.493 e. The molecule has 0 atom stereocenters. The molecule has 7 nitrogen and oxygen atoms in total. The van der Waals surface area contributed by atoms with E-state index in [2.05, 4.69) is 6.07 Å². The maximum absolute atomic E-state index is 12.8. The number of benzene rings is 3. The number of non-ortho nitro benzene ring substituents is 1. The van der Waals surface area contributed by atoms with Gasteiger partial charge in [0.15, 0.2) is 11.5 Å². The van der Waals surface area contributed by atoms with Crippen molar-refractivity contribution in [3.8, 4) is 28.7 Å². The summed E-state index contributed by atoms with van der Waals surface area (Å²) in [4.78, 5) is 23.2. The first kappa shape index (κ1) is 18.6. The summed E-state index contributed by atoms with van der Waals surface area (Å²) in [7, 11) is 1.37. The first-order chi connectivity index (χ1) is 13.5. The van der Waals surface area contributed by atoms with E-state index < -0.39 is 10.9 Å². The number of nitro benzene ring substituents is 1. The maximum Gasteiger partial charge on any atom is 0.344 e. The number of rotatable bonds is 5. The number of esters is 1. The van der Waals surface area contributed by atoms with Crippen LogP contribution in [0.15, 0.2) is 66.7 Å². The van der Waals surface area contributed by atoms with Gasteiger partial charge >= 0.3 is 5.97 Å². The Morgan fingerprint density at radius 2 is 1.68 bits per heavy atom. The number of nitrogens with zero attached hydrogens (tertiary/aromatic N) is 2. The van der Waals surface area contributed by atoms with Crippen LogP contribution in [-0.2, 0) is 0 Å². The van der Waals surface area contributed by atoms with E-state index in [0.29, 0.717) is 16.7 Å². The van der Waals surface area contributed by atoms with Gasteiger partial charge < -0.3 is 9.47 Å². The van der Waals surface area contributed by atoms with Crippen LogP contribution in [0.1, 0.15) is 15.9 Å². The molecule has 0 unspecified atom stereocenters. The van der Waals surface area contributed by atoms with Crippen molar-refractivity contribution in [1.29, 1.82) is 5.26 Å². The smallest absolute Gasteiger partial charge is 0.344 e. The molecule has 0 saturated heterocycles. The van der Waals surface area contributed by atoms with Gasteiger partial charge in [-0.3, -0.25) is 10.1 Å². The van der Waals surface area contributed by atoms with Gasteiger partial charge in [-0.05, 0) is 23.8 Å². The minimum atomic E-state index is -0.720. The second kappa shape index (κ2) is 8.01. The van der Waals surface area contributed by atoms with Crippen LogP contribution in [0.4, 0.5) is 5.69 Å². The molecule has 0 spiro atoms. The molecule has 3 aromatic carbocycles. The van der Waals surface area contributed by atoms with Gasteiger partial charge in [-0.15, -0.1) is 0 Å². The van der Waals surface area contributed by atoms with Gasteiger partial charge in [0, 0.05) is 11.6 Å². The lowest BCUT2D eigenvalue weighted by atomic mass is 9.96. The van der Waals surface area contributed by atoms with Crippen LogP contribution in [0, 0.1) is 21.4 Å². The Balaban J connectivity index is 2.03. The Hall–Kier alpha value is -4.18. The average Bonchev–Trinajstić information content (AvgIpc) is 2.73. The van der Waals surface area contributed by atoms with Crippen LogP contribution in [0.3, 0.4) is 0 Å². The van der Waals surface area contributed by atoms with Gasteiger partial charge in [-0.1, -0.05) is 36.4 Å². The van der Waals surface area contributed by atoms with Crippen LogP contribution in [0.25, 0.3) is 11.1 Å². The van der Waals surface area contributed by atoms with Crippen molar-refractivity contribution < 1.29 is 19.2 Å². The minimum absolute atomic E-state index is 0.0647. The molecule has 0 amide bonds. The van der Waals surface area contributed by atoms with Crippen LogP contribution >= 0.6 is 0 Å². The number of hydrogen-bond donors (Lipinski definition) is 0. The quantitative estimate of drug-likeness (QED) is 0.284. The van der Waals surface area contributed by atoms with E-state index in [1.165, 1.54) is 19.2 Å². The summed E-state index contributed by atoms with van der Waals surface area (Å²) in [6.45, 7) is 0. The highest BCUT2D eigenvalue weighted by Crippen LogP contribution is 2.33. The zero-order valence-electron chi connectivity index (χ0n) is 14.8. The highest BCUT2D eigenvalue weighted by atomic mass is 16.6. The van der Waals surface area contributed by atoms with Crippen LogP contribution in [0.5, 0.6) is 11.5 Å². The third-order valence-electron chi connectivity index (χ3n) is 4.05. The van der Waals surface area contributed by atoms with Crippen molar-refractivity contribution in [1.82, 2.24) is 0 Å². The summed E-state index contributed by atoms with van der Waals surface area (Å²) in [5.41, 5.74) is 1.51. The van der Waals surface area contributed by atoms with E-state index in [4.69, 9.17) is 9.47 Å². The molecule has 0 saturated carbocycles. The summed E-state index contributed by atoms with van der Waals surface area (Å²) < 4.78 is 10.5. The first-order valence-electron chi connectivity index (χ1n) is 8.18. The largest absolute Gasteiger partial charge is 0.493 e. The number of carbonyl (C=O) groups excluding carboxylic acids is 1. The maximum atomic E-state index is 12.8. The third-order valence-corrected chi connectivity index (χ3v) is 4.05. The Labute approximate surface area is 160 Å². The van der Waals surface area contributed by atoms with E-state index >= 15 is 0 Å². The summed E-state index contributed by atoms with van der Waals surface area (Å²) in [6.07, 6.45) is 0. The lowest BCUT2D eigenvalue weighted by Crippen LogP contribution is -2.11. The Morgan fingerprint density at radius 3 is 2.36 bits per heavy atom. The molecule has 3 rings (SSSR count). The van der Waals surface area contributed by atoms with Crippen molar-refractivity contribution in [2.24, 2.45) is 0 Å². The van der Waals surface area contributed by atoms with Gasteiger partial charge in [0.1, 0.15) is 0 Å². The normalized spacial score (nSPS) is 10.0. The van der Waals surface area contributed by atoms with Gasteiger partial charge in [0.2, 0.25) is 0 Å². The number of nitriles is 1. The predicted octanol–water partition coefficient (Wildman–Crippen LogP) is 4.36. The molecule has 0 fully saturated rings. The summed E-state index contributed by atoms with van der Waals surface area (Å²) >= 11 is 0. The molecule has 0 bridgehead atoms. The van der Waals surface area contributed by atoms with Crippen molar-refractivity contribution in [3.05, 3.63) is 88.0 Å². The van der Waals surface area contributed by atoms with Crippen LogP contribution < -0.4 is 9.47 Å². The van der Waals surface area contributed by atoms with Gasteiger partial charge in [0.05, 0.1) is 35.3 Å². The van der Waals surface area contributed by atoms with Crippen molar-refractivity contribution >= 4 is 11.7 Å². The van der Waals surface area contributed by atoms with E-state index in [1.54, 1.807) is 48.5 Å². The average molecular weight is 374 g/mol. The summed E-state index contributed by atoms with van der Waals surface area (Å²) in [5, 5.41) is 20.4.